The average Bonchev–Trinajstić information content (AvgIpc) is 2.76. The van der Waals surface area contributed by atoms with Gasteiger partial charge in [-0.2, -0.15) is 16.8 Å². The lowest BCUT2D eigenvalue weighted by molar-refractivity contribution is 0.480. The van der Waals surface area contributed by atoms with E-state index in [9.17, 15) is 16.8 Å². The van der Waals surface area contributed by atoms with Crippen LogP contribution in [0.25, 0.3) is 0 Å². The van der Waals surface area contributed by atoms with Gasteiger partial charge in [0.1, 0.15) is 0 Å². The third-order valence-electron chi connectivity index (χ3n) is 1.93. The third kappa shape index (κ3) is 10.4. The summed E-state index contributed by atoms with van der Waals surface area (Å²) in [6, 6.07) is 0. The maximum absolute atomic E-state index is 10.5. The fraction of sp³-hybridized carbons (Fsp3) is 0.750. The Morgan fingerprint density at radius 3 is 1.57 bits per heavy atom. The van der Waals surface area contributed by atoms with E-state index in [2.05, 4.69) is 10.2 Å². The molecule has 0 radical (unpaired) electrons. The molecule has 8 nitrogen and oxygen atoms in total. The number of nitrogens with zero attached hydrogens (tertiary/aromatic N) is 2. The van der Waals surface area contributed by atoms with E-state index in [1.54, 1.807) is 0 Å². The lowest BCUT2D eigenvalue weighted by Gasteiger charge is -1.96. The topological polar surface area (TPSA) is 135 Å². The monoisotopic (exact) mass is 394 g/mol. The first kappa shape index (κ1) is 19.1. The third-order valence-corrected chi connectivity index (χ3v) is 6.90. The number of hydrogen-bond donors (Lipinski definition) is 2. The Morgan fingerprint density at radius 2 is 1.24 bits per heavy atom. The molecule has 1 heterocycles. The summed E-state index contributed by atoms with van der Waals surface area (Å²) in [5, 5.41) is 7.82. The molecule has 1 rings (SSSR count). The Balaban J connectivity index is 2.24. The Kier molecular flexibility index (Phi) is 7.87. The molecule has 0 saturated carbocycles. The second kappa shape index (κ2) is 8.64. The van der Waals surface area contributed by atoms with Gasteiger partial charge in [0.05, 0.1) is 11.5 Å². The molecule has 0 bridgehead atoms. The van der Waals surface area contributed by atoms with E-state index in [1.165, 1.54) is 34.9 Å². The first-order valence-electron chi connectivity index (χ1n) is 5.65. The van der Waals surface area contributed by atoms with Crippen molar-refractivity contribution in [2.45, 2.75) is 21.5 Å². The van der Waals surface area contributed by atoms with Gasteiger partial charge in [-0.25, -0.2) is 0 Å². The number of rotatable bonds is 10. The molecule has 0 saturated heterocycles. The van der Waals surface area contributed by atoms with Gasteiger partial charge in [-0.15, -0.1) is 10.2 Å². The second-order valence-electron chi connectivity index (χ2n) is 3.81. The second-order valence-corrected chi connectivity index (χ2v) is 10.6. The molecule has 1 aromatic rings. The van der Waals surface area contributed by atoms with Crippen molar-refractivity contribution in [3.8, 4) is 0 Å². The minimum Gasteiger partial charge on any atom is -0.286 e. The van der Waals surface area contributed by atoms with Gasteiger partial charge in [0.2, 0.25) is 0 Å². The molecule has 0 fully saturated rings. The summed E-state index contributed by atoms with van der Waals surface area (Å²) >= 11 is 4.02. The van der Waals surface area contributed by atoms with E-state index in [1.807, 2.05) is 0 Å². The van der Waals surface area contributed by atoms with Crippen LogP contribution in [0.1, 0.15) is 12.8 Å². The van der Waals surface area contributed by atoms with Gasteiger partial charge in [-0.05, 0) is 12.8 Å². The Morgan fingerprint density at radius 1 is 0.857 bits per heavy atom. The highest BCUT2D eigenvalue weighted by atomic mass is 32.2. The maximum Gasteiger partial charge on any atom is 0.264 e. The van der Waals surface area contributed by atoms with Crippen molar-refractivity contribution in [1.29, 1.82) is 0 Å². The minimum absolute atomic E-state index is 0.282. The van der Waals surface area contributed by atoms with Crippen molar-refractivity contribution in [1.82, 2.24) is 10.2 Å². The van der Waals surface area contributed by atoms with Gasteiger partial charge >= 0.3 is 0 Å². The highest BCUT2D eigenvalue weighted by molar-refractivity contribution is 8.03. The van der Waals surface area contributed by atoms with E-state index >= 15 is 0 Å². The molecule has 122 valence electrons. The first-order chi connectivity index (χ1) is 9.66. The molecule has 0 aliphatic rings. The molecule has 0 atom stereocenters. The van der Waals surface area contributed by atoms with Crippen LogP contribution in [0.5, 0.6) is 0 Å². The molecule has 0 spiro atoms. The molecule has 21 heavy (non-hydrogen) atoms. The van der Waals surface area contributed by atoms with Crippen LogP contribution in [-0.4, -0.2) is 59.1 Å². The molecule has 0 unspecified atom stereocenters. The lowest BCUT2D eigenvalue weighted by Crippen LogP contribution is -2.04. The highest BCUT2D eigenvalue weighted by Crippen LogP contribution is 2.29. The molecule has 0 aliphatic carbocycles. The van der Waals surface area contributed by atoms with Crippen molar-refractivity contribution in [2.24, 2.45) is 0 Å². The van der Waals surface area contributed by atoms with Crippen LogP contribution < -0.4 is 0 Å². The minimum atomic E-state index is -3.92. The van der Waals surface area contributed by atoms with Crippen molar-refractivity contribution < 1.29 is 25.9 Å². The largest absolute Gasteiger partial charge is 0.286 e. The highest BCUT2D eigenvalue weighted by Gasteiger charge is 2.09. The van der Waals surface area contributed by atoms with Gasteiger partial charge in [-0.3, -0.25) is 9.11 Å². The standard InChI is InChI=1S/C8H14N2O6S5/c11-20(12,13)5-1-3-17-7-9-10-8(19-7)18-4-2-6-21(14,15)16/h1-6H2,(H,11,12,13)(H,14,15,16). The smallest absolute Gasteiger partial charge is 0.264 e. The zero-order valence-corrected chi connectivity index (χ0v) is 14.8. The quantitative estimate of drug-likeness (QED) is 0.339. The lowest BCUT2D eigenvalue weighted by atomic mass is 10.6. The van der Waals surface area contributed by atoms with E-state index in [-0.39, 0.29) is 11.5 Å². The van der Waals surface area contributed by atoms with E-state index in [0.29, 0.717) is 33.0 Å². The van der Waals surface area contributed by atoms with Crippen molar-refractivity contribution >= 4 is 55.1 Å². The van der Waals surface area contributed by atoms with Crippen LogP contribution >= 0.6 is 34.9 Å². The predicted molar refractivity (Wildman–Crippen MR) is 83.4 cm³/mol. The number of hydrogen-bond acceptors (Lipinski definition) is 9. The Hall–Kier alpha value is 0.0800. The van der Waals surface area contributed by atoms with Gasteiger partial charge in [0, 0.05) is 11.5 Å². The summed E-state index contributed by atoms with van der Waals surface area (Å²) in [5.74, 6) is 0.440. The van der Waals surface area contributed by atoms with E-state index in [0.717, 1.165) is 0 Å². The van der Waals surface area contributed by atoms with Crippen LogP contribution in [0.15, 0.2) is 8.68 Å². The predicted octanol–water partition coefficient (Wildman–Crippen LogP) is 1.28. The number of aromatic nitrogens is 2. The zero-order chi connectivity index (χ0) is 15.9. The van der Waals surface area contributed by atoms with Crippen LogP contribution in [-0.2, 0) is 20.2 Å². The van der Waals surface area contributed by atoms with Gasteiger partial charge < -0.3 is 0 Å². The van der Waals surface area contributed by atoms with Crippen molar-refractivity contribution in [2.75, 3.05) is 23.0 Å². The van der Waals surface area contributed by atoms with Gasteiger partial charge in [-0.1, -0.05) is 34.9 Å². The van der Waals surface area contributed by atoms with Crippen molar-refractivity contribution in [3.05, 3.63) is 0 Å². The SMILES string of the molecule is O=S(=O)(O)CCCSc1nnc(SCCCS(=O)(=O)O)s1. The zero-order valence-electron chi connectivity index (χ0n) is 10.7. The molecule has 0 amide bonds. The molecule has 1 aromatic heterocycles. The molecular formula is C8H14N2O6S5. The Labute approximate surface area is 135 Å². The fourth-order valence-electron chi connectivity index (χ4n) is 1.12. The van der Waals surface area contributed by atoms with E-state index < -0.39 is 20.2 Å². The van der Waals surface area contributed by atoms with Gasteiger partial charge in [0.25, 0.3) is 20.2 Å². The molecule has 0 aliphatic heterocycles. The van der Waals surface area contributed by atoms with Gasteiger partial charge in [0.15, 0.2) is 8.68 Å². The average molecular weight is 395 g/mol. The summed E-state index contributed by atoms with van der Waals surface area (Å²) in [6.07, 6.45) is 0.639. The molecule has 13 heteroatoms. The summed E-state index contributed by atoms with van der Waals surface area (Å²) < 4.78 is 60.6. The van der Waals surface area contributed by atoms with Crippen LogP contribution in [0.3, 0.4) is 0 Å². The van der Waals surface area contributed by atoms with Crippen LogP contribution in [0, 0.1) is 0 Å². The summed E-state index contributed by atoms with van der Waals surface area (Å²) in [6.45, 7) is 0. The molecular weight excluding hydrogens is 380 g/mol. The number of thioether (sulfide) groups is 2. The van der Waals surface area contributed by atoms with Crippen LogP contribution in [0.2, 0.25) is 0 Å². The fourth-order valence-corrected chi connectivity index (χ4v) is 5.54. The molecule has 2 N–H and O–H groups in total. The van der Waals surface area contributed by atoms with E-state index in [4.69, 9.17) is 9.11 Å². The summed E-state index contributed by atoms with van der Waals surface area (Å²) in [4.78, 5) is 0. The summed E-state index contributed by atoms with van der Waals surface area (Å²) in [7, 11) is -7.84. The first-order valence-corrected chi connectivity index (χ1v) is 11.7. The van der Waals surface area contributed by atoms with Crippen LogP contribution in [0.4, 0.5) is 0 Å². The summed E-state index contributed by atoms with van der Waals surface area (Å²) in [5.41, 5.74) is 0. The Bertz CT molecular complexity index is 585. The molecule has 0 aromatic carbocycles. The maximum atomic E-state index is 10.5. The van der Waals surface area contributed by atoms with Crippen molar-refractivity contribution in [3.63, 3.8) is 0 Å². The normalized spacial score (nSPS) is 12.7.